The van der Waals surface area contributed by atoms with Crippen molar-refractivity contribution in [3.8, 4) is 11.1 Å². The summed E-state index contributed by atoms with van der Waals surface area (Å²) < 4.78 is 1.73. The third kappa shape index (κ3) is 5.04. The number of nitrogens with zero attached hydrogens (tertiary/aromatic N) is 6. The Hall–Kier alpha value is -4.30. The van der Waals surface area contributed by atoms with Gasteiger partial charge in [0.25, 0.3) is 0 Å². The summed E-state index contributed by atoms with van der Waals surface area (Å²) >= 11 is 4.33. The van der Waals surface area contributed by atoms with Gasteiger partial charge in [0.05, 0.1) is 12.3 Å². The molecule has 0 bridgehead atoms. The van der Waals surface area contributed by atoms with Crippen LogP contribution in [-0.4, -0.2) is 36.9 Å². The molecule has 1 amide bonds. The summed E-state index contributed by atoms with van der Waals surface area (Å²) in [6.07, 6.45) is 3.44. The van der Waals surface area contributed by atoms with Crippen LogP contribution >= 0.6 is 12.6 Å². The van der Waals surface area contributed by atoms with Crippen molar-refractivity contribution in [1.82, 2.24) is 25.2 Å². The standard InChI is InChI=1S/C28H24N6OS/c35-26(20-36)34(25-15-13-23(14-16-25)22-10-5-2-6-11-22)27(24-12-7-17-29-18-24)28-30-31-32-33(28)19-21-8-3-1-4-9-21/h1-18,27,36H,19-20H2/t27-/m1/s1. The van der Waals surface area contributed by atoms with Crippen LogP contribution in [0.25, 0.3) is 11.1 Å². The minimum Gasteiger partial charge on any atom is -0.297 e. The van der Waals surface area contributed by atoms with Crippen LogP contribution < -0.4 is 4.90 Å². The highest BCUT2D eigenvalue weighted by atomic mass is 32.1. The van der Waals surface area contributed by atoms with Crippen molar-refractivity contribution in [3.63, 3.8) is 0 Å². The summed E-state index contributed by atoms with van der Waals surface area (Å²) in [5.74, 6) is 0.389. The monoisotopic (exact) mass is 492 g/mol. The molecule has 0 saturated carbocycles. The average Bonchev–Trinajstić information content (AvgIpc) is 3.40. The molecule has 7 nitrogen and oxygen atoms in total. The van der Waals surface area contributed by atoms with E-state index < -0.39 is 6.04 Å². The Morgan fingerprint density at radius 3 is 2.22 bits per heavy atom. The third-order valence-electron chi connectivity index (χ3n) is 5.89. The normalized spacial score (nSPS) is 11.7. The number of thiol groups is 1. The number of pyridine rings is 1. The molecule has 5 rings (SSSR count). The first-order valence-electron chi connectivity index (χ1n) is 11.5. The second kappa shape index (κ2) is 11.0. The molecule has 178 valence electrons. The molecule has 2 aromatic heterocycles. The molecule has 0 N–H and O–H groups in total. The summed E-state index contributed by atoms with van der Waals surface area (Å²) in [5.41, 5.74) is 4.73. The van der Waals surface area contributed by atoms with Crippen LogP contribution in [0, 0.1) is 0 Å². The second-order valence-electron chi connectivity index (χ2n) is 8.20. The first-order chi connectivity index (χ1) is 17.7. The molecule has 1 atom stereocenters. The van der Waals surface area contributed by atoms with Crippen molar-refractivity contribution < 1.29 is 4.79 Å². The molecular weight excluding hydrogens is 468 g/mol. The van der Waals surface area contributed by atoms with Gasteiger partial charge in [-0.25, -0.2) is 4.68 Å². The second-order valence-corrected chi connectivity index (χ2v) is 8.52. The average molecular weight is 493 g/mol. The predicted octanol–water partition coefficient (Wildman–Crippen LogP) is 4.84. The first-order valence-corrected chi connectivity index (χ1v) is 12.2. The largest absolute Gasteiger partial charge is 0.297 e. The number of rotatable bonds is 8. The zero-order valence-electron chi connectivity index (χ0n) is 19.4. The smallest absolute Gasteiger partial charge is 0.237 e. The summed E-state index contributed by atoms with van der Waals surface area (Å²) in [5, 5.41) is 12.6. The lowest BCUT2D eigenvalue weighted by atomic mass is 10.0. The molecule has 0 aliphatic rings. The Labute approximate surface area is 214 Å². The van der Waals surface area contributed by atoms with Crippen molar-refractivity contribution in [1.29, 1.82) is 0 Å². The highest BCUT2D eigenvalue weighted by Gasteiger charge is 2.32. The highest BCUT2D eigenvalue weighted by molar-refractivity contribution is 7.81. The predicted molar refractivity (Wildman–Crippen MR) is 143 cm³/mol. The van der Waals surface area contributed by atoms with E-state index in [1.54, 1.807) is 22.0 Å². The quantitative estimate of drug-likeness (QED) is 0.314. The molecule has 5 aromatic rings. The fraction of sp³-hybridized carbons (Fsp3) is 0.107. The number of aromatic nitrogens is 5. The van der Waals surface area contributed by atoms with Crippen LogP contribution in [0.3, 0.4) is 0 Å². The Kier molecular flexibility index (Phi) is 7.14. The molecule has 0 aliphatic carbocycles. The lowest BCUT2D eigenvalue weighted by Crippen LogP contribution is -2.38. The number of hydrogen-bond acceptors (Lipinski definition) is 6. The number of tetrazole rings is 1. The van der Waals surface area contributed by atoms with Crippen LogP contribution in [-0.2, 0) is 11.3 Å². The maximum atomic E-state index is 13.4. The Morgan fingerprint density at radius 2 is 1.56 bits per heavy atom. The fourth-order valence-corrected chi connectivity index (χ4v) is 4.34. The molecule has 0 fully saturated rings. The van der Waals surface area contributed by atoms with E-state index in [4.69, 9.17) is 0 Å². The van der Waals surface area contributed by atoms with E-state index in [0.717, 1.165) is 27.9 Å². The van der Waals surface area contributed by atoms with Crippen LogP contribution in [0.2, 0.25) is 0 Å². The van der Waals surface area contributed by atoms with Crippen molar-refractivity contribution in [2.75, 3.05) is 10.7 Å². The molecule has 0 radical (unpaired) electrons. The fourth-order valence-electron chi connectivity index (χ4n) is 4.19. The van der Waals surface area contributed by atoms with E-state index in [2.05, 4.69) is 45.3 Å². The molecule has 3 aromatic carbocycles. The lowest BCUT2D eigenvalue weighted by Gasteiger charge is -2.31. The van der Waals surface area contributed by atoms with Gasteiger partial charge in [0, 0.05) is 23.6 Å². The van der Waals surface area contributed by atoms with Crippen LogP contribution in [0.1, 0.15) is 23.0 Å². The van der Waals surface area contributed by atoms with Gasteiger partial charge in [-0.15, -0.1) is 5.10 Å². The minimum atomic E-state index is -0.598. The molecule has 0 spiro atoms. The van der Waals surface area contributed by atoms with E-state index in [0.29, 0.717) is 12.4 Å². The lowest BCUT2D eigenvalue weighted by molar-refractivity contribution is -0.116. The Balaban J connectivity index is 1.59. The van der Waals surface area contributed by atoms with Gasteiger partial charge in [0.2, 0.25) is 5.91 Å². The molecular formula is C28H24N6OS. The highest BCUT2D eigenvalue weighted by Crippen LogP contribution is 2.33. The number of carbonyl (C=O) groups is 1. The number of carbonyl (C=O) groups excluding carboxylic acids is 1. The number of benzene rings is 3. The molecule has 36 heavy (non-hydrogen) atoms. The summed E-state index contributed by atoms with van der Waals surface area (Å²) in [4.78, 5) is 19.4. The van der Waals surface area contributed by atoms with Gasteiger partial charge in [-0.1, -0.05) is 78.9 Å². The van der Waals surface area contributed by atoms with Crippen LogP contribution in [0.4, 0.5) is 5.69 Å². The van der Waals surface area contributed by atoms with E-state index in [1.165, 1.54) is 0 Å². The molecule has 0 saturated heterocycles. The van der Waals surface area contributed by atoms with Gasteiger partial charge in [-0.2, -0.15) is 12.6 Å². The molecule has 0 aliphatic heterocycles. The number of hydrogen-bond donors (Lipinski definition) is 1. The molecule has 2 heterocycles. The maximum Gasteiger partial charge on any atom is 0.237 e. The zero-order chi connectivity index (χ0) is 24.7. The van der Waals surface area contributed by atoms with Crippen molar-refractivity contribution in [2.24, 2.45) is 0 Å². The Bertz CT molecular complexity index is 1410. The van der Waals surface area contributed by atoms with Gasteiger partial charge in [-0.05, 0) is 45.3 Å². The number of amides is 1. The first kappa shape index (κ1) is 23.4. The van der Waals surface area contributed by atoms with Gasteiger partial charge < -0.3 is 0 Å². The van der Waals surface area contributed by atoms with Gasteiger partial charge in [0.1, 0.15) is 6.04 Å². The van der Waals surface area contributed by atoms with Crippen molar-refractivity contribution in [3.05, 3.63) is 126 Å². The zero-order valence-corrected chi connectivity index (χ0v) is 20.3. The topological polar surface area (TPSA) is 76.8 Å². The van der Waals surface area contributed by atoms with Gasteiger partial charge >= 0.3 is 0 Å². The molecule has 0 unspecified atom stereocenters. The number of anilines is 1. The SMILES string of the molecule is O=C(CS)N(c1ccc(-c2ccccc2)cc1)[C@H](c1cccnc1)c1nnnn1Cc1ccccc1. The van der Waals surface area contributed by atoms with E-state index in [1.807, 2.05) is 84.9 Å². The third-order valence-corrected chi connectivity index (χ3v) is 6.16. The van der Waals surface area contributed by atoms with Gasteiger partial charge in [-0.3, -0.25) is 14.7 Å². The van der Waals surface area contributed by atoms with Crippen LogP contribution in [0.15, 0.2) is 109 Å². The minimum absolute atomic E-state index is 0.0252. The Morgan fingerprint density at radius 1 is 0.861 bits per heavy atom. The summed E-state index contributed by atoms with van der Waals surface area (Å²) in [6.45, 7) is 0.468. The van der Waals surface area contributed by atoms with Crippen LogP contribution in [0.5, 0.6) is 0 Å². The summed E-state index contributed by atoms with van der Waals surface area (Å²) in [7, 11) is 0. The maximum absolute atomic E-state index is 13.4. The van der Waals surface area contributed by atoms with E-state index in [9.17, 15) is 4.79 Å². The van der Waals surface area contributed by atoms with Crippen molar-refractivity contribution in [2.45, 2.75) is 12.6 Å². The van der Waals surface area contributed by atoms with Gasteiger partial charge in [0.15, 0.2) is 5.82 Å². The van der Waals surface area contributed by atoms with E-state index >= 15 is 0 Å². The molecule has 8 heteroatoms. The van der Waals surface area contributed by atoms with Crippen molar-refractivity contribution >= 4 is 24.2 Å². The summed E-state index contributed by atoms with van der Waals surface area (Å²) in [6, 6.07) is 31.1. The van der Waals surface area contributed by atoms with E-state index in [-0.39, 0.29) is 11.7 Å².